The Morgan fingerprint density at radius 1 is 0.800 bits per heavy atom. The van der Waals surface area contributed by atoms with Gasteiger partial charge < -0.3 is 4.74 Å². The minimum absolute atomic E-state index is 0.0684. The van der Waals surface area contributed by atoms with Crippen molar-refractivity contribution in [1.29, 1.82) is 0 Å². The van der Waals surface area contributed by atoms with Gasteiger partial charge in [-0.05, 0) is 12.5 Å². The highest BCUT2D eigenvalue weighted by molar-refractivity contribution is 5.71. The third-order valence-corrected chi connectivity index (χ3v) is 2.70. The van der Waals surface area contributed by atoms with Crippen molar-refractivity contribution in [3.8, 4) is 0 Å². The van der Waals surface area contributed by atoms with Crippen LogP contribution in [0.2, 0.25) is 0 Å². The number of benzene rings is 2. The summed E-state index contributed by atoms with van der Waals surface area (Å²) in [5.74, 6) is -0.220. The maximum Gasteiger partial charge on any atom is 0.308 e. The number of hydrogen-bond acceptors (Lipinski definition) is 2. The zero-order valence-electron chi connectivity index (χ0n) is 12.3. The number of esters is 1. The van der Waals surface area contributed by atoms with Crippen molar-refractivity contribution in [3.05, 3.63) is 72.3 Å². The minimum atomic E-state index is -0.161. The van der Waals surface area contributed by atoms with Gasteiger partial charge in [-0.15, -0.1) is 0 Å². The van der Waals surface area contributed by atoms with Gasteiger partial charge in [0, 0.05) is 0 Å². The molecular formula is C18H22O2. The summed E-state index contributed by atoms with van der Waals surface area (Å²) in [6.07, 6.45) is -0.161. The number of ether oxygens (including phenoxy) is 1. The number of hydrogen-bond donors (Lipinski definition) is 0. The molecule has 2 aromatic rings. The molecule has 0 radical (unpaired) electrons. The predicted molar refractivity (Wildman–Crippen MR) is 82.2 cm³/mol. The van der Waals surface area contributed by atoms with E-state index in [0.717, 1.165) is 5.56 Å². The Morgan fingerprint density at radius 3 is 1.60 bits per heavy atom. The number of carbonyl (C=O) groups is 1. The van der Waals surface area contributed by atoms with Gasteiger partial charge >= 0.3 is 5.97 Å². The summed E-state index contributed by atoms with van der Waals surface area (Å²) in [5.41, 5.74) is 1.03. The molecule has 106 valence electrons. The van der Waals surface area contributed by atoms with Crippen LogP contribution in [0.5, 0.6) is 0 Å². The first-order chi connectivity index (χ1) is 9.61. The SMILES string of the molecule is CC(C)C(=O)OC(C)c1ccccc1.c1ccccc1. The lowest BCUT2D eigenvalue weighted by atomic mass is 10.1. The Bertz CT molecular complexity index is 451. The highest BCUT2D eigenvalue weighted by Gasteiger charge is 2.13. The lowest BCUT2D eigenvalue weighted by molar-refractivity contribution is -0.152. The largest absolute Gasteiger partial charge is 0.458 e. The third-order valence-electron chi connectivity index (χ3n) is 2.70. The van der Waals surface area contributed by atoms with Gasteiger partial charge in [0.05, 0.1) is 5.92 Å². The Balaban J connectivity index is 0.000000276. The molecule has 0 bridgehead atoms. The van der Waals surface area contributed by atoms with E-state index in [1.54, 1.807) is 0 Å². The van der Waals surface area contributed by atoms with Crippen LogP contribution in [0.25, 0.3) is 0 Å². The molecule has 0 aliphatic rings. The van der Waals surface area contributed by atoms with Crippen LogP contribution in [0.15, 0.2) is 66.7 Å². The van der Waals surface area contributed by atoms with E-state index >= 15 is 0 Å². The summed E-state index contributed by atoms with van der Waals surface area (Å²) in [7, 11) is 0. The van der Waals surface area contributed by atoms with E-state index < -0.39 is 0 Å². The second-order valence-electron chi connectivity index (χ2n) is 4.80. The topological polar surface area (TPSA) is 26.3 Å². The van der Waals surface area contributed by atoms with Gasteiger partial charge in [-0.3, -0.25) is 4.79 Å². The monoisotopic (exact) mass is 270 g/mol. The normalized spacial score (nSPS) is 11.2. The molecule has 0 amide bonds. The highest BCUT2D eigenvalue weighted by Crippen LogP contribution is 2.17. The van der Waals surface area contributed by atoms with Crippen LogP contribution < -0.4 is 0 Å². The molecule has 0 fully saturated rings. The molecule has 0 spiro atoms. The summed E-state index contributed by atoms with van der Waals surface area (Å²) in [4.78, 5) is 11.3. The van der Waals surface area contributed by atoms with E-state index in [2.05, 4.69) is 0 Å². The molecular weight excluding hydrogens is 248 g/mol. The third kappa shape index (κ3) is 6.19. The molecule has 0 aliphatic heterocycles. The van der Waals surface area contributed by atoms with Crippen LogP contribution in [0, 0.1) is 5.92 Å². The van der Waals surface area contributed by atoms with Crippen molar-refractivity contribution in [2.24, 2.45) is 5.92 Å². The molecule has 1 unspecified atom stereocenters. The minimum Gasteiger partial charge on any atom is -0.458 e. The molecule has 1 atom stereocenters. The highest BCUT2D eigenvalue weighted by atomic mass is 16.5. The van der Waals surface area contributed by atoms with Gasteiger partial charge in [-0.2, -0.15) is 0 Å². The standard InChI is InChI=1S/C12H16O2.C6H6/c1-9(2)12(13)14-10(3)11-7-5-4-6-8-11;1-2-4-6-5-3-1/h4-10H,1-3H3;1-6H. The first-order valence-electron chi connectivity index (χ1n) is 6.86. The summed E-state index contributed by atoms with van der Waals surface area (Å²) in [5, 5.41) is 0. The van der Waals surface area contributed by atoms with Crippen molar-refractivity contribution in [2.45, 2.75) is 26.9 Å². The van der Waals surface area contributed by atoms with E-state index in [4.69, 9.17) is 4.74 Å². The van der Waals surface area contributed by atoms with Crippen LogP contribution in [0.3, 0.4) is 0 Å². The van der Waals surface area contributed by atoms with E-state index in [-0.39, 0.29) is 18.0 Å². The van der Waals surface area contributed by atoms with Gasteiger partial charge in [-0.1, -0.05) is 80.6 Å². The van der Waals surface area contributed by atoms with E-state index in [1.807, 2.05) is 87.5 Å². The molecule has 0 aliphatic carbocycles. The molecule has 0 saturated carbocycles. The fourth-order valence-electron chi connectivity index (χ4n) is 1.49. The zero-order chi connectivity index (χ0) is 14.8. The lowest BCUT2D eigenvalue weighted by Gasteiger charge is -2.14. The molecule has 0 N–H and O–H groups in total. The second kappa shape index (κ2) is 8.92. The molecule has 2 rings (SSSR count). The summed E-state index contributed by atoms with van der Waals surface area (Å²) >= 11 is 0. The first-order valence-corrected chi connectivity index (χ1v) is 6.86. The summed E-state index contributed by atoms with van der Waals surface area (Å²) < 4.78 is 5.26. The van der Waals surface area contributed by atoms with Crippen LogP contribution in [-0.2, 0) is 9.53 Å². The van der Waals surface area contributed by atoms with Gasteiger partial charge in [-0.25, -0.2) is 0 Å². The second-order valence-corrected chi connectivity index (χ2v) is 4.80. The average molecular weight is 270 g/mol. The molecule has 0 heterocycles. The molecule has 2 nitrogen and oxygen atoms in total. The Kier molecular flexibility index (Phi) is 7.12. The van der Waals surface area contributed by atoms with Crippen molar-refractivity contribution >= 4 is 5.97 Å². The molecule has 20 heavy (non-hydrogen) atoms. The van der Waals surface area contributed by atoms with Gasteiger partial charge in [0.15, 0.2) is 0 Å². The van der Waals surface area contributed by atoms with Gasteiger partial charge in [0.25, 0.3) is 0 Å². The maximum atomic E-state index is 11.3. The average Bonchev–Trinajstić information content (AvgIpc) is 2.50. The molecule has 0 saturated heterocycles. The van der Waals surface area contributed by atoms with Crippen LogP contribution in [-0.4, -0.2) is 5.97 Å². The summed E-state index contributed by atoms with van der Waals surface area (Å²) in [6, 6.07) is 21.7. The fraction of sp³-hybridized carbons (Fsp3) is 0.278. The number of rotatable bonds is 3. The van der Waals surface area contributed by atoms with Crippen molar-refractivity contribution in [2.75, 3.05) is 0 Å². The van der Waals surface area contributed by atoms with Crippen molar-refractivity contribution < 1.29 is 9.53 Å². The first kappa shape index (κ1) is 16.0. The Labute approximate surface area is 121 Å². The van der Waals surface area contributed by atoms with E-state index in [9.17, 15) is 4.79 Å². The lowest BCUT2D eigenvalue weighted by Crippen LogP contribution is -2.14. The smallest absolute Gasteiger partial charge is 0.308 e. The van der Waals surface area contributed by atoms with E-state index in [0.29, 0.717) is 0 Å². The predicted octanol–water partition coefficient (Wildman–Crippen LogP) is 4.63. The van der Waals surface area contributed by atoms with E-state index in [1.165, 1.54) is 0 Å². The van der Waals surface area contributed by atoms with Crippen LogP contribution in [0.4, 0.5) is 0 Å². The molecule has 2 heteroatoms. The Hall–Kier alpha value is -2.09. The zero-order valence-corrected chi connectivity index (χ0v) is 12.3. The van der Waals surface area contributed by atoms with Crippen molar-refractivity contribution in [3.63, 3.8) is 0 Å². The van der Waals surface area contributed by atoms with Crippen LogP contribution >= 0.6 is 0 Å². The quantitative estimate of drug-likeness (QED) is 0.760. The summed E-state index contributed by atoms with van der Waals surface area (Å²) in [6.45, 7) is 5.55. The fourth-order valence-corrected chi connectivity index (χ4v) is 1.49. The van der Waals surface area contributed by atoms with Gasteiger partial charge in [0.2, 0.25) is 0 Å². The maximum absolute atomic E-state index is 11.3. The van der Waals surface area contributed by atoms with Gasteiger partial charge in [0.1, 0.15) is 6.10 Å². The molecule has 2 aromatic carbocycles. The van der Waals surface area contributed by atoms with Crippen LogP contribution in [0.1, 0.15) is 32.4 Å². The van der Waals surface area contributed by atoms with Crippen molar-refractivity contribution in [1.82, 2.24) is 0 Å². The number of carbonyl (C=O) groups excluding carboxylic acids is 1. The Morgan fingerprint density at radius 2 is 1.20 bits per heavy atom. The molecule has 0 aromatic heterocycles.